The van der Waals surface area contributed by atoms with Gasteiger partial charge in [0, 0.05) is 19.2 Å². The zero-order valence-corrected chi connectivity index (χ0v) is 17.8. The van der Waals surface area contributed by atoms with Crippen LogP contribution < -0.4 is 15.4 Å². The van der Waals surface area contributed by atoms with Crippen LogP contribution in [0.15, 0.2) is 53.5 Å². The van der Waals surface area contributed by atoms with Crippen molar-refractivity contribution >= 4 is 5.96 Å². The monoisotopic (exact) mass is 428 g/mol. The van der Waals surface area contributed by atoms with E-state index >= 15 is 0 Å². The lowest BCUT2D eigenvalue weighted by molar-refractivity contribution is -0.0504. The second-order valence-electron chi connectivity index (χ2n) is 7.07. The summed E-state index contributed by atoms with van der Waals surface area (Å²) in [5.41, 5.74) is 2.61. The first-order valence-corrected chi connectivity index (χ1v) is 9.87. The number of guanidine groups is 1. The van der Waals surface area contributed by atoms with Crippen molar-refractivity contribution in [2.24, 2.45) is 12.0 Å². The van der Waals surface area contributed by atoms with Gasteiger partial charge in [-0.25, -0.2) is 4.99 Å². The molecule has 0 aliphatic rings. The Morgan fingerprint density at radius 2 is 1.81 bits per heavy atom. The second-order valence-corrected chi connectivity index (χ2v) is 7.07. The zero-order valence-electron chi connectivity index (χ0n) is 17.8. The molecule has 0 saturated heterocycles. The van der Waals surface area contributed by atoms with Crippen molar-refractivity contribution < 1.29 is 13.5 Å². The summed E-state index contributed by atoms with van der Waals surface area (Å²) in [6.07, 6.45) is 0. The van der Waals surface area contributed by atoms with E-state index in [2.05, 4.69) is 30.6 Å². The van der Waals surface area contributed by atoms with Gasteiger partial charge in [-0.15, -0.1) is 10.2 Å². The number of aliphatic imine (C=N–C) groups is 1. The van der Waals surface area contributed by atoms with Crippen molar-refractivity contribution in [3.05, 3.63) is 76.9 Å². The van der Waals surface area contributed by atoms with Crippen LogP contribution in [0.2, 0.25) is 0 Å². The molecule has 7 nitrogen and oxygen atoms in total. The van der Waals surface area contributed by atoms with E-state index in [1.807, 2.05) is 61.9 Å². The number of benzene rings is 2. The van der Waals surface area contributed by atoms with Crippen LogP contribution in [0.3, 0.4) is 0 Å². The van der Waals surface area contributed by atoms with E-state index in [4.69, 9.17) is 0 Å². The van der Waals surface area contributed by atoms with E-state index in [0.717, 1.165) is 22.8 Å². The standard InChI is InChI=1S/C22H26F2N6O/c1-15-9-10-19(31-21(23)24)18(11-15)13-26-22(25-12-17-7-5-4-6-8-17)27-14-20-29-28-16(2)30(20)3/h4-11,21H,12-14H2,1-3H3,(H2,25,26,27). The minimum absolute atomic E-state index is 0.138. The molecule has 31 heavy (non-hydrogen) atoms. The molecule has 2 N–H and O–H groups in total. The number of halogens is 2. The topological polar surface area (TPSA) is 76.4 Å². The number of hydrogen-bond acceptors (Lipinski definition) is 4. The van der Waals surface area contributed by atoms with E-state index in [1.54, 1.807) is 12.1 Å². The van der Waals surface area contributed by atoms with E-state index in [1.165, 1.54) is 0 Å². The van der Waals surface area contributed by atoms with Crippen molar-refractivity contribution in [2.45, 2.75) is 40.1 Å². The number of aryl methyl sites for hydroxylation is 2. The molecule has 164 valence electrons. The molecule has 0 atom stereocenters. The highest BCUT2D eigenvalue weighted by atomic mass is 19.3. The van der Waals surface area contributed by atoms with Gasteiger partial charge in [0.25, 0.3) is 0 Å². The van der Waals surface area contributed by atoms with E-state index in [0.29, 0.717) is 24.6 Å². The van der Waals surface area contributed by atoms with Crippen molar-refractivity contribution in [1.82, 2.24) is 25.4 Å². The smallest absolute Gasteiger partial charge is 0.387 e. The maximum absolute atomic E-state index is 12.8. The Morgan fingerprint density at radius 3 is 2.48 bits per heavy atom. The van der Waals surface area contributed by atoms with Crippen molar-refractivity contribution in [1.29, 1.82) is 0 Å². The van der Waals surface area contributed by atoms with Gasteiger partial charge >= 0.3 is 6.61 Å². The zero-order chi connectivity index (χ0) is 22.2. The van der Waals surface area contributed by atoms with Gasteiger partial charge in [-0.05, 0) is 25.5 Å². The summed E-state index contributed by atoms with van der Waals surface area (Å²) in [5, 5.41) is 14.6. The Balaban J connectivity index is 1.74. The van der Waals surface area contributed by atoms with Gasteiger partial charge in [0.1, 0.15) is 11.6 Å². The summed E-state index contributed by atoms with van der Waals surface area (Å²) in [6, 6.07) is 14.9. The molecule has 9 heteroatoms. The first-order valence-electron chi connectivity index (χ1n) is 9.87. The highest BCUT2D eigenvalue weighted by Gasteiger charge is 2.11. The van der Waals surface area contributed by atoms with Crippen molar-refractivity contribution in [2.75, 3.05) is 0 Å². The molecular weight excluding hydrogens is 402 g/mol. The van der Waals surface area contributed by atoms with Gasteiger partial charge in [0.05, 0.1) is 13.1 Å². The highest BCUT2D eigenvalue weighted by molar-refractivity contribution is 5.79. The van der Waals surface area contributed by atoms with Crippen LogP contribution in [0.5, 0.6) is 5.75 Å². The van der Waals surface area contributed by atoms with E-state index in [9.17, 15) is 8.78 Å². The van der Waals surface area contributed by atoms with Gasteiger partial charge in [0.2, 0.25) is 0 Å². The molecule has 3 rings (SSSR count). The summed E-state index contributed by atoms with van der Waals surface area (Å²) in [5.74, 6) is 2.22. The number of nitrogens with one attached hydrogen (secondary N) is 2. The molecule has 2 aromatic carbocycles. The lowest BCUT2D eigenvalue weighted by Crippen LogP contribution is -2.37. The van der Waals surface area contributed by atoms with Crippen LogP contribution in [-0.4, -0.2) is 27.3 Å². The third-order valence-electron chi connectivity index (χ3n) is 4.74. The Kier molecular flexibility index (Phi) is 7.53. The molecule has 0 fully saturated rings. The van der Waals surface area contributed by atoms with E-state index < -0.39 is 6.61 Å². The molecule has 0 unspecified atom stereocenters. The van der Waals surface area contributed by atoms with Gasteiger partial charge in [-0.2, -0.15) is 8.78 Å². The molecule has 0 radical (unpaired) electrons. The van der Waals surface area contributed by atoms with Crippen LogP contribution in [0.4, 0.5) is 8.78 Å². The minimum Gasteiger partial charge on any atom is -0.434 e. The maximum atomic E-state index is 12.8. The van der Waals surface area contributed by atoms with Gasteiger partial charge < -0.3 is 19.9 Å². The largest absolute Gasteiger partial charge is 0.434 e. The molecule has 0 aliphatic heterocycles. The number of rotatable bonds is 8. The fraction of sp³-hybridized carbons (Fsp3) is 0.318. The molecule has 0 spiro atoms. The molecule has 1 heterocycles. The van der Waals surface area contributed by atoms with Crippen LogP contribution in [0.1, 0.15) is 28.3 Å². The summed E-state index contributed by atoms with van der Waals surface area (Å²) in [7, 11) is 1.89. The average molecular weight is 428 g/mol. The fourth-order valence-corrected chi connectivity index (χ4v) is 2.93. The molecule has 3 aromatic rings. The number of alkyl halides is 2. The predicted molar refractivity (Wildman–Crippen MR) is 115 cm³/mol. The minimum atomic E-state index is -2.88. The first kappa shape index (κ1) is 22.2. The third kappa shape index (κ3) is 6.50. The lowest BCUT2D eigenvalue weighted by Gasteiger charge is -2.15. The quantitative estimate of drug-likeness (QED) is 0.424. The van der Waals surface area contributed by atoms with Crippen LogP contribution in [0, 0.1) is 13.8 Å². The number of ether oxygens (including phenoxy) is 1. The van der Waals surface area contributed by atoms with Crippen LogP contribution in [-0.2, 0) is 26.7 Å². The van der Waals surface area contributed by atoms with E-state index in [-0.39, 0.29) is 12.3 Å². The molecule has 0 saturated carbocycles. The molecule has 0 bridgehead atoms. The highest BCUT2D eigenvalue weighted by Crippen LogP contribution is 2.22. The average Bonchev–Trinajstić information content (AvgIpc) is 3.07. The summed E-state index contributed by atoms with van der Waals surface area (Å²) in [6.45, 7) is 2.03. The summed E-state index contributed by atoms with van der Waals surface area (Å²) in [4.78, 5) is 4.62. The van der Waals surface area contributed by atoms with Crippen molar-refractivity contribution in [3.8, 4) is 5.75 Å². The molecular formula is C22H26F2N6O. The number of aromatic nitrogens is 3. The molecule has 0 amide bonds. The van der Waals surface area contributed by atoms with Gasteiger partial charge in [0.15, 0.2) is 11.8 Å². The Morgan fingerprint density at radius 1 is 1.06 bits per heavy atom. The second kappa shape index (κ2) is 10.5. The van der Waals surface area contributed by atoms with Crippen LogP contribution in [0.25, 0.3) is 0 Å². The van der Waals surface area contributed by atoms with Crippen LogP contribution >= 0.6 is 0 Å². The Hall–Kier alpha value is -3.49. The maximum Gasteiger partial charge on any atom is 0.387 e. The number of nitrogens with zero attached hydrogens (tertiary/aromatic N) is 4. The summed E-state index contributed by atoms with van der Waals surface area (Å²) < 4.78 is 32.1. The Labute approximate surface area is 180 Å². The lowest BCUT2D eigenvalue weighted by atomic mass is 10.1. The normalized spacial score (nSPS) is 11.6. The molecule has 1 aromatic heterocycles. The van der Waals surface area contributed by atoms with Crippen molar-refractivity contribution in [3.63, 3.8) is 0 Å². The molecule has 0 aliphatic carbocycles. The Bertz CT molecular complexity index is 1020. The SMILES string of the molecule is Cc1ccc(OC(F)F)c(CNC(=NCc2ccccc2)NCc2nnc(C)n2C)c1. The van der Waals surface area contributed by atoms with Gasteiger partial charge in [-0.3, -0.25) is 0 Å². The first-order chi connectivity index (χ1) is 14.9. The third-order valence-corrected chi connectivity index (χ3v) is 4.74. The number of hydrogen-bond donors (Lipinski definition) is 2. The fourth-order valence-electron chi connectivity index (χ4n) is 2.93. The summed E-state index contributed by atoms with van der Waals surface area (Å²) >= 11 is 0. The van der Waals surface area contributed by atoms with Gasteiger partial charge in [-0.1, -0.05) is 48.0 Å². The predicted octanol–water partition coefficient (Wildman–Crippen LogP) is 3.47.